The van der Waals surface area contributed by atoms with Crippen LogP contribution in [-0.4, -0.2) is 11.5 Å². The Bertz CT molecular complexity index is 503. The number of rotatable bonds is 4. The van der Waals surface area contributed by atoms with E-state index in [-0.39, 0.29) is 6.04 Å². The fourth-order valence-corrected chi connectivity index (χ4v) is 2.18. The Hall–Kier alpha value is -1.67. The molecule has 1 unspecified atom stereocenters. The molecule has 1 heterocycles. The van der Waals surface area contributed by atoms with Crippen molar-refractivity contribution in [2.75, 3.05) is 6.54 Å². The van der Waals surface area contributed by atoms with E-state index in [4.69, 9.17) is 0 Å². The minimum absolute atomic E-state index is 0.249. The van der Waals surface area contributed by atoms with E-state index in [1.807, 2.05) is 12.4 Å². The maximum absolute atomic E-state index is 4.17. The van der Waals surface area contributed by atoms with Crippen molar-refractivity contribution in [2.24, 2.45) is 0 Å². The van der Waals surface area contributed by atoms with Crippen LogP contribution in [0.5, 0.6) is 0 Å². The molecule has 0 radical (unpaired) electrons. The predicted molar refractivity (Wildman–Crippen MR) is 75.7 cm³/mol. The Morgan fingerprint density at radius 3 is 2.44 bits per heavy atom. The van der Waals surface area contributed by atoms with Gasteiger partial charge in [0.15, 0.2) is 0 Å². The fraction of sp³-hybridized carbons (Fsp3) is 0.312. The molecule has 1 aromatic carbocycles. The summed E-state index contributed by atoms with van der Waals surface area (Å²) < 4.78 is 0. The maximum atomic E-state index is 4.17. The van der Waals surface area contributed by atoms with Crippen LogP contribution in [0, 0.1) is 13.8 Å². The van der Waals surface area contributed by atoms with Crippen molar-refractivity contribution in [2.45, 2.75) is 26.8 Å². The summed E-state index contributed by atoms with van der Waals surface area (Å²) in [7, 11) is 0. The Balaban J connectivity index is 2.40. The summed E-state index contributed by atoms with van der Waals surface area (Å²) in [6.07, 6.45) is 3.79. The standard InChI is InChI=1S/C16H20N2/c1-4-18-16(14-7-5-12(2)6-8-14)15-9-10-17-11-13(15)3/h5-11,16,18H,4H2,1-3H3. The van der Waals surface area contributed by atoms with Crippen molar-refractivity contribution in [3.63, 3.8) is 0 Å². The normalized spacial score (nSPS) is 12.4. The van der Waals surface area contributed by atoms with Gasteiger partial charge < -0.3 is 5.32 Å². The molecule has 0 saturated heterocycles. The number of aryl methyl sites for hydroxylation is 2. The molecule has 18 heavy (non-hydrogen) atoms. The lowest BCUT2D eigenvalue weighted by Gasteiger charge is -2.20. The number of pyridine rings is 1. The average Bonchev–Trinajstić information content (AvgIpc) is 2.38. The van der Waals surface area contributed by atoms with Crippen molar-refractivity contribution in [1.29, 1.82) is 0 Å². The lowest BCUT2D eigenvalue weighted by Crippen LogP contribution is -2.22. The SMILES string of the molecule is CCNC(c1ccc(C)cc1)c1ccncc1C. The number of nitrogens with one attached hydrogen (secondary N) is 1. The Kier molecular flexibility index (Phi) is 4.11. The molecular formula is C16H20N2. The molecule has 0 aliphatic carbocycles. The van der Waals surface area contributed by atoms with Gasteiger partial charge in [-0.15, -0.1) is 0 Å². The van der Waals surface area contributed by atoms with Crippen molar-refractivity contribution < 1.29 is 0 Å². The first kappa shape index (κ1) is 12.8. The van der Waals surface area contributed by atoms with Crippen LogP contribution in [0.2, 0.25) is 0 Å². The van der Waals surface area contributed by atoms with Gasteiger partial charge in [-0.05, 0) is 43.1 Å². The highest BCUT2D eigenvalue weighted by atomic mass is 14.9. The van der Waals surface area contributed by atoms with Crippen molar-refractivity contribution >= 4 is 0 Å². The number of hydrogen-bond acceptors (Lipinski definition) is 2. The van der Waals surface area contributed by atoms with Crippen LogP contribution < -0.4 is 5.32 Å². The quantitative estimate of drug-likeness (QED) is 0.886. The molecule has 1 N–H and O–H groups in total. The first-order valence-electron chi connectivity index (χ1n) is 6.43. The van der Waals surface area contributed by atoms with Crippen LogP contribution in [0.1, 0.15) is 35.2 Å². The molecule has 1 atom stereocenters. The molecule has 2 rings (SSSR count). The van der Waals surface area contributed by atoms with Gasteiger partial charge in [0, 0.05) is 12.4 Å². The molecule has 1 aromatic heterocycles. The second-order valence-electron chi connectivity index (χ2n) is 4.63. The molecule has 0 aliphatic heterocycles. The van der Waals surface area contributed by atoms with Crippen LogP contribution in [0.15, 0.2) is 42.7 Å². The molecule has 2 aromatic rings. The first-order valence-corrected chi connectivity index (χ1v) is 6.43. The third-order valence-corrected chi connectivity index (χ3v) is 3.19. The van der Waals surface area contributed by atoms with Gasteiger partial charge in [0.1, 0.15) is 0 Å². The summed E-state index contributed by atoms with van der Waals surface area (Å²) in [4.78, 5) is 4.17. The van der Waals surface area contributed by atoms with Gasteiger partial charge in [0.25, 0.3) is 0 Å². The van der Waals surface area contributed by atoms with Gasteiger partial charge in [-0.25, -0.2) is 0 Å². The molecular weight excluding hydrogens is 220 g/mol. The van der Waals surface area contributed by atoms with Crippen molar-refractivity contribution in [1.82, 2.24) is 10.3 Å². The maximum Gasteiger partial charge on any atom is 0.0580 e. The fourth-order valence-electron chi connectivity index (χ4n) is 2.18. The van der Waals surface area contributed by atoms with E-state index < -0.39 is 0 Å². The number of nitrogens with zero attached hydrogens (tertiary/aromatic N) is 1. The highest BCUT2D eigenvalue weighted by molar-refractivity contribution is 5.36. The monoisotopic (exact) mass is 240 g/mol. The van der Waals surface area contributed by atoms with Crippen LogP contribution in [0.4, 0.5) is 0 Å². The molecule has 0 saturated carbocycles. The first-order chi connectivity index (χ1) is 8.72. The summed E-state index contributed by atoms with van der Waals surface area (Å²) in [6.45, 7) is 7.31. The molecule has 0 bridgehead atoms. The third-order valence-electron chi connectivity index (χ3n) is 3.19. The summed E-state index contributed by atoms with van der Waals surface area (Å²) in [5.74, 6) is 0. The van der Waals surface area contributed by atoms with Crippen molar-refractivity contribution in [3.05, 3.63) is 65.0 Å². The van der Waals surface area contributed by atoms with Gasteiger partial charge in [-0.2, -0.15) is 0 Å². The summed E-state index contributed by atoms with van der Waals surface area (Å²) in [5.41, 5.74) is 5.12. The highest BCUT2D eigenvalue weighted by Gasteiger charge is 2.14. The van der Waals surface area contributed by atoms with E-state index in [1.165, 1.54) is 22.3 Å². The molecule has 94 valence electrons. The zero-order chi connectivity index (χ0) is 13.0. The number of hydrogen-bond donors (Lipinski definition) is 1. The Labute approximate surface area is 109 Å². The lowest BCUT2D eigenvalue weighted by atomic mass is 9.96. The number of aromatic nitrogens is 1. The van der Waals surface area contributed by atoms with E-state index in [1.54, 1.807) is 0 Å². The van der Waals surface area contributed by atoms with Gasteiger partial charge in [0.2, 0.25) is 0 Å². The van der Waals surface area contributed by atoms with Gasteiger partial charge in [-0.1, -0.05) is 36.8 Å². The summed E-state index contributed by atoms with van der Waals surface area (Å²) >= 11 is 0. The molecule has 0 fully saturated rings. The summed E-state index contributed by atoms with van der Waals surface area (Å²) in [5, 5.41) is 3.55. The Morgan fingerprint density at radius 2 is 1.83 bits per heavy atom. The Morgan fingerprint density at radius 1 is 1.11 bits per heavy atom. The number of benzene rings is 1. The molecule has 2 nitrogen and oxygen atoms in total. The van der Waals surface area contributed by atoms with Crippen LogP contribution in [-0.2, 0) is 0 Å². The molecule has 0 aliphatic rings. The van der Waals surface area contributed by atoms with Crippen LogP contribution >= 0.6 is 0 Å². The van der Waals surface area contributed by atoms with Gasteiger partial charge in [-0.3, -0.25) is 4.98 Å². The van der Waals surface area contributed by atoms with Crippen LogP contribution in [0.3, 0.4) is 0 Å². The second-order valence-corrected chi connectivity index (χ2v) is 4.63. The summed E-state index contributed by atoms with van der Waals surface area (Å²) in [6, 6.07) is 11.1. The largest absolute Gasteiger partial charge is 0.307 e. The topological polar surface area (TPSA) is 24.9 Å². The second kappa shape index (κ2) is 5.78. The predicted octanol–water partition coefficient (Wildman–Crippen LogP) is 3.40. The van der Waals surface area contributed by atoms with E-state index in [0.717, 1.165) is 6.54 Å². The average molecular weight is 240 g/mol. The van der Waals surface area contributed by atoms with E-state index >= 15 is 0 Å². The van der Waals surface area contributed by atoms with E-state index in [0.29, 0.717) is 0 Å². The third kappa shape index (κ3) is 2.77. The minimum Gasteiger partial charge on any atom is -0.307 e. The highest BCUT2D eigenvalue weighted by Crippen LogP contribution is 2.24. The minimum atomic E-state index is 0.249. The van der Waals surface area contributed by atoms with Gasteiger partial charge >= 0.3 is 0 Å². The van der Waals surface area contributed by atoms with E-state index in [2.05, 4.69) is 61.4 Å². The lowest BCUT2D eigenvalue weighted by molar-refractivity contribution is 0.627. The van der Waals surface area contributed by atoms with E-state index in [9.17, 15) is 0 Å². The molecule has 0 spiro atoms. The van der Waals surface area contributed by atoms with Crippen molar-refractivity contribution in [3.8, 4) is 0 Å². The zero-order valence-electron chi connectivity index (χ0n) is 11.3. The molecule has 0 amide bonds. The smallest absolute Gasteiger partial charge is 0.0580 e. The molecule has 2 heteroatoms. The van der Waals surface area contributed by atoms with Gasteiger partial charge in [0.05, 0.1) is 6.04 Å². The van der Waals surface area contributed by atoms with Crippen LogP contribution in [0.25, 0.3) is 0 Å². The zero-order valence-corrected chi connectivity index (χ0v) is 11.3.